The Morgan fingerprint density at radius 2 is 2.38 bits per heavy atom. The molecule has 0 amide bonds. The second kappa shape index (κ2) is 4.07. The van der Waals surface area contributed by atoms with E-state index in [4.69, 9.17) is 4.74 Å². The van der Waals surface area contributed by atoms with Gasteiger partial charge in [-0.3, -0.25) is 4.79 Å². The third-order valence-electron chi connectivity index (χ3n) is 2.55. The molecule has 0 aromatic heterocycles. The van der Waals surface area contributed by atoms with Crippen LogP contribution < -0.4 is 5.32 Å². The lowest BCUT2D eigenvalue weighted by molar-refractivity contribution is -0.148. The first-order valence-electron chi connectivity index (χ1n) is 4.66. The van der Waals surface area contributed by atoms with Crippen LogP contribution in [0.4, 0.5) is 0 Å². The molecule has 0 aromatic rings. The number of nitrogens with zero attached hydrogens (tertiary/aromatic N) is 1. The lowest BCUT2D eigenvalue weighted by Crippen LogP contribution is -2.54. The Kier molecular flexibility index (Phi) is 3.27. The van der Waals surface area contributed by atoms with Gasteiger partial charge in [0.1, 0.15) is 5.54 Å². The smallest absolute Gasteiger partial charge is 0.327 e. The topological polar surface area (TPSA) is 41.6 Å². The molecule has 1 atom stereocenters. The Labute approximate surface area is 79.2 Å². The summed E-state index contributed by atoms with van der Waals surface area (Å²) in [4.78, 5) is 13.7. The van der Waals surface area contributed by atoms with E-state index in [1.54, 1.807) is 0 Å². The maximum atomic E-state index is 11.6. The second-order valence-electron chi connectivity index (χ2n) is 3.59. The van der Waals surface area contributed by atoms with Crippen molar-refractivity contribution in [2.75, 3.05) is 33.8 Å². The summed E-state index contributed by atoms with van der Waals surface area (Å²) in [5.74, 6) is -0.140. The van der Waals surface area contributed by atoms with E-state index in [1.807, 2.05) is 14.0 Å². The molecule has 0 aliphatic carbocycles. The van der Waals surface area contributed by atoms with Gasteiger partial charge in [-0.15, -0.1) is 0 Å². The molecule has 1 rings (SSSR count). The summed E-state index contributed by atoms with van der Waals surface area (Å²) in [6.45, 7) is 4.49. The first-order chi connectivity index (χ1) is 6.14. The summed E-state index contributed by atoms with van der Waals surface area (Å²) >= 11 is 0. The summed E-state index contributed by atoms with van der Waals surface area (Å²) in [5, 5.41) is 3.22. The fraction of sp³-hybridized carbons (Fsp3) is 0.889. The Hall–Kier alpha value is -0.610. The minimum absolute atomic E-state index is 0.140. The molecule has 1 unspecified atom stereocenters. The van der Waals surface area contributed by atoms with Gasteiger partial charge in [0.2, 0.25) is 0 Å². The number of likely N-dealkylation sites (N-methyl/N-ethyl adjacent to an activating group) is 2. The fourth-order valence-corrected chi connectivity index (χ4v) is 1.92. The molecule has 0 aromatic carbocycles. The summed E-state index contributed by atoms with van der Waals surface area (Å²) in [5.41, 5.74) is -0.460. The van der Waals surface area contributed by atoms with E-state index in [-0.39, 0.29) is 5.97 Å². The van der Waals surface area contributed by atoms with Crippen LogP contribution in [0.2, 0.25) is 0 Å². The summed E-state index contributed by atoms with van der Waals surface area (Å²) in [6, 6.07) is 0. The molecule has 1 N–H and O–H groups in total. The largest absolute Gasteiger partial charge is 0.468 e. The number of rotatable bonds is 3. The van der Waals surface area contributed by atoms with Gasteiger partial charge in [-0.2, -0.15) is 0 Å². The minimum Gasteiger partial charge on any atom is -0.468 e. The zero-order valence-electron chi connectivity index (χ0n) is 8.59. The van der Waals surface area contributed by atoms with Gasteiger partial charge in [0, 0.05) is 13.1 Å². The lowest BCUT2D eigenvalue weighted by atomic mass is 9.99. The Bertz CT molecular complexity index is 192. The van der Waals surface area contributed by atoms with Gasteiger partial charge >= 0.3 is 5.97 Å². The molecule has 76 valence electrons. The Morgan fingerprint density at radius 3 is 2.77 bits per heavy atom. The van der Waals surface area contributed by atoms with Crippen LogP contribution in [-0.2, 0) is 9.53 Å². The number of nitrogens with one attached hydrogen (secondary N) is 1. The number of ether oxygens (including phenoxy) is 1. The number of hydrogen-bond acceptors (Lipinski definition) is 4. The third kappa shape index (κ3) is 2.00. The van der Waals surface area contributed by atoms with Gasteiger partial charge in [0.15, 0.2) is 0 Å². The summed E-state index contributed by atoms with van der Waals surface area (Å²) < 4.78 is 4.81. The van der Waals surface area contributed by atoms with Crippen molar-refractivity contribution in [1.82, 2.24) is 10.2 Å². The molecule has 4 heteroatoms. The third-order valence-corrected chi connectivity index (χ3v) is 2.55. The molecule has 0 bridgehead atoms. The van der Waals surface area contributed by atoms with E-state index < -0.39 is 5.54 Å². The number of likely N-dealkylation sites (tertiary alicyclic amines) is 1. The number of methoxy groups -OCH3 is 1. The van der Waals surface area contributed by atoms with Gasteiger partial charge in [-0.25, -0.2) is 0 Å². The van der Waals surface area contributed by atoms with Crippen molar-refractivity contribution >= 4 is 5.97 Å². The molecule has 1 heterocycles. The maximum absolute atomic E-state index is 11.6. The first-order valence-corrected chi connectivity index (χ1v) is 4.66. The molecule has 1 fully saturated rings. The number of hydrogen-bond donors (Lipinski definition) is 1. The van der Waals surface area contributed by atoms with E-state index in [0.29, 0.717) is 0 Å². The molecule has 13 heavy (non-hydrogen) atoms. The summed E-state index contributed by atoms with van der Waals surface area (Å²) in [6.07, 6.45) is 0.837. The highest BCUT2D eigenvalue weighted by Crippen LogP contribution is 2.21. The number of carbonyl (C=O) groups excluding carboxylic acids is 1. The van der Waals surface area contributed by atoms with E-state index in [2.05, 4.69) is 10.2 Å². The highest BCUT2D eigenvalue weighted by atomic mass is 16.5. The van der Waals surface area contributed by atoms with Crippen LogP contribution in [0.5, 0.6) is 0 Å². The van der Waals surface area contributed by atoms with Gasteiger partial charge in [-0.1, -0.05) is 6.92 Å². The summed E-state index contributed by atoms with van der Waals surface area (Å²) in [7, 11) is 3.46. The van der Waals surface area contributed by atoms with E-state index in [1.165, 1.54) is 7.11 Å². The van der Waals surface area contributed by atoms with Gasteiger partial charge in [0.05, 0.1) is 7.11 Å². The van der Waals surface area contributed by atoms with Crippen molar-refractivity contribution in [1.29, 1.82) is 0 Å². The predicted octanol–water partition coefficient (Wildman–Crippen LogP) is -0.157. The van der Waals surface area contributed by atoms with Crippen LogP contribution in [0.3, 0.4) is 0 Å². The zero-order valence-corrected chi connectivity index (χ0v) is 8.59. The average molecular weight is 186 g/mol. The van der Waals surface area contributed by atoms with Gasteiger partial charge in [-0.05, 0) is 20.0 Å². The van der Waals surface area contributed by atoms with Crippen molar-refractivity contribution in [2.24, 2.45) is 0 Å². The van der Waals surface area contributed by atoms with Crippen molar-refractivity contribution in [3.05, 3.63) is 0 Å². The van der Waals surface area contributed by atoms with Crippen LogP contribution in [0.1, 0.15) is 13.3 Å². The monoisotopic (exact) mass is 186 g/mol. The van der Waals surface area contributed by atoms with Crippen LogP contribution in [0, 0.1) is 0 Å². The molecular formula is C9H18N2O2. The predicted molar refractivity (Wildman–Crippen MR) is 50.5 cm³/mol. The molecule has 0 spiro atoms. The number of carbonyl (C=O) groups is 1. The van der Waals surface area contributed by atoms with Crippen LogP contribution in [-0.4, -0.2) is 50.2 Å². The minimum atomic E-state index is -0.460. The van der Waals surface area contributed by atoms with Crippen LogP contribution >= 0.6 is 0 Å². The van der Waals surface area contributed by atoms with E-state index in [0.717, 1.165) is 26.1 Å². The van der Waals surface area contributed by atoms with Gasteiger partial charge < -0.3 is 15.0 Å². The molecule has 1 aliphatic heterocycles. The Morgan fingerprint density at radius 1 is 1.69 bits per heavy atom. The van der Waals surface area contributed by atoms with Crippen LogP contribution in [0.25, 0.3) is 0 Å². The zero-order chi connectivity index (χ0) is 9.90. The highest BCUT2D eigenvalue weighted by Gasteiger charge is 2.43. The van der Waals surface area contributed by atoms with Crippen molar-refractivity contribution in [2.45, 2.75) is 18.9 Å². The normalized spacial score (nSPS) is 29.2. The maximum Gasteiger partial charge on any atom is 0.327 e. The average Bonchev–Trinajstić information content (AvgIpc) is 2.48. The van der Waals surface area contributed by atoms with E-state index in [9.17, 15) is 4.79 Å². The fourth-order valence-electron chi connectivity index (χ4n) is 1.92. The second-order valence-corrected chi connectivity index (χ2v) is 3.59. The van der Waals surface area contributed by atoms with Crippen molar-refractivity contribution < 1.29 is 9.53 Å². The quantitative estimate of drug-likeness (QED) is 0.622. The highest BCUT2D eigenvalue weighted by molar-refractivity contribution is 5.81. The first kappa shape index (κ1) is 10.5. The molecule has 1 saturated heterocycles. The lowest BCUT2D eigenvalue weighted by Gasteiger charge is -2.26. The standard InChI is InChI=1S/C9H18N2O2/c1-4-10-9(8(12)13-3)5-6-11(2)7-9/h10H,4-7H2,1-3H3. The van der Waals surface area contributed by atoms with Crippen molar-refractivity contribution in [3.8, 4) is 0 Å². The van der Waals surface area contributed by atoms with Crippen molar-refractivity contribution in [3.63, 3.8) is 0 Å². The molecule has 4 nitrogen and oxygen atoms in total. The SMILES string of the molecule is CCNC1(C(=O)OC)CCN(C)C1. The van der Waals surface area contributed by atoms with Gasteiger partial charge in [0.25, 0.3) is 0 Å². The van der Waals surface area contributed by atoms with Crippen LogP contribution in [0.15, 0.2) is 0 Å². The molecule has 0 radical (unpaired) electrons. The molecule has 0 saturated carbocycles. The van der Waals surface area contributed by atoms with E-state index >= 15 is 0 Å². The molecular weight excluding hydrogens is 168 g/mol. The Balaban J connectivity index is 2.70. The molecule has 1 aliphatic rings. The number of esters is 1.